The van der Waals surface area contributed by atoms with Gasteiger partial charge in [-0.1, -0.05) is 12.1 Å². The van der Waals surface area contributed by atoms with E-state index < -0.39 is 0 Å². The molecule has 1 aromatic rings. The summed E-state index contributed by atoms with van der Waals surface area (Å²) in [4.78, 5) is 27.3. The summed E-state index contributed by atoms with van der Waals surface area (Å²) in [6.45, 7) is 6.53. The number of nitrogens with one attached hydrogen (secondary N) is 1. The topological polar surface area (TPSA) is 52.7 Å². The molecule has 0 aromatic heterocycles. The zero-order valence-corrected chi connectivity index (χ0v) is 13.0. The first-order valence-corrected chi connectivity index (χ1v) is 7.49. The smallest absolute Gasteiger partial charge is 0.237 e. The molecule has 0 bridgehead atoms. The predicted octanol–water partition coefficient (Wildman–Crippen LogP) is 0.994. The molecule has 2 rings (SSSR count). The molecule has 1 aliphatic rings. The molecular formula is C16H22FN3O2. The van der Waals surface area contributed by atoms with Gasteiger partial charge in [-0.2, -0.15) is 0 Å². The maximum absolute atomic E-state index is 12.8. The van der Waals surface area contributed by atoms with Crippen LogP contribution in [0.4, 0.5) is 4.39 Å². The van der Waals surface area contributed by atoms with Crippen LogP contribution in [0.25, 0.3) is 0 Å². The minimum absolute atomic E-state index is 0.0550. The fourth-order valence-electron chi connectivity index (χ4n) is 2.53. The molecule has 0 spiro atoms. The number of hydrogen-bond acceptors (Lipinski definition) is 3. The lowest BCUT2D eigenvalue weighted by atomic mass is 10.2. The van der Waals surface area contributed by atoms with Gasteiger partial charge in [-0.05, 0) is 24.6 Å². The molecule has 1 aromatic carbocycles. The van der Waals surface area contributed by atoms with E-state index in [9.17, 15) is 14.0 Å². The van der Waals surface area contributed by atoms with Crippen LogP contribution in [0.3, 0.4) is 0 Å². The lowest BCUT2D eigenvalue weighted by molar-refractivity contribution is -0.132. The maximum atomic E-state index is 12.8. The summed E-state index contributed by atoms with van der Waals surface area (Å²) in [6, 6.07) is 5.84. The third-order valence-corrected chi connectivity index (χ3v) is 4.07. The number of hydrogen-bond donors (Lipinski definition) is 1. The zero-order chi connectivity index (χ0) is 16.1. The second-order valence-electron chi connectivity index (χ2n) is 5.56. The van der Waals surface area contributed by atoms with Crippen LogP contribution in [0, 0.1) is 5.82 Å². The van der Waals surface area contributed by atoms with E-state index in [2.05, 4.69) is 10.2 Å². The Morgan fingerprint density at radius 2 is 1.77 bits per heavy atom. The average Bonchev–Trinajstić information content (AvgIpc) is 2.53. The molecular weight excluding hydrogens is 285 g/mol. The quantitative estimate of drug-likeness (QED) is 0.903. The summed E-state index contributed by atoms with van der Waals surface area (Å²) < 4.78 is 12.8. The zero-order valence-electron chi connectivity index (χ0n) is 13.0. The van der Waals surface area contributed by atoms with Gasteiger partial charge in [-0.25, -0.2) is 4.39 Å². The van der Waals surface area contributed by atoms with Gasteiger partial charge in [-0.15, -0.1) is 0 Å². The highest BCUT2D eigenvalue weighted by atomic mass is 19.1. The van der Waals surface area contributed by atoms with Gasteiger partial charge in [0.1, 0.15) is 5.82 Å². The van der Waals surface area contributed by atoms with Crippen LogP contribution in [-0.2, 0) is 16.1 Å². The van der Waals surface area contributed by atoms with Crippen molar-refractivity contribution in [3.8, 4) is 0 Å². The molecule has 1 N–H and O–H groups in total. The SMILES string of the molecule is CC(=O)N1CCN([C@H](C)C(=O)NCc2ccc(F)cc2)CC1. The summed E-state index contributed by atoms with van der Waals surface area (Å²) in [5.74, 6) is -0.263. The van der Waals surface area contributed by atoms with Crippen molar-refractivity contribution in [2.24, 2.45) is 0 Å². The van der Waals surface area contributed by atoms with Crippen molar-refractivity contribution in [3.63, 3.8) is 0 Å². The van der Waals surface area contributed by atoms with Crippen molar-refractivity contribution in [3.05, 3.63) is 35.6 Å². The summed E-state index contributed by atoms with van der Waals surface area (Å²) in [7, 11) is 0. The number of carbonyl (C=O) groups is 2. The van der Waals surface area contributed by atoms with E-state index in [1.54, 1.807) is 24.0 Å². The highest BCUT2D eigenvalue weighted by Crippen LogP contribution is 2.08. The highest BCUT2D eigenvalue weighted by Gasteiger charge is 2.26. The van der Waals surface area contributed by atoms with Crippen molar-refractivity contribution in [1.29, 1.82) is 0 Å². The number of carbonyl (C=O) groups excluding carboxylic acids is 2. The van der Waals surface area contributed by atoms with Crippen LogP contribution in [0.1, 0.15) is 19.4 Å². The predicted molar refractivity (Wildman–Crippen MR) is 81.5 cm³/mol. The lowest BCUT2D eigenvalue weighted by Crippen LogP contribution is -2.54. The van der Waals surface area contributed by atoms with Crippen LogP contribution < -0.4 is 5.32 Å². The lowest BCUT2D eigenvalue weighted by Gasteiger charge is -2.37. The van der Waals surface area contributed by atoms with E-state index in [0.29, 0.717) is 32.7 Å². The molecule has 22 heavy (non-hydrogen) atoms. The van der Waals surface area contributed by atoms with Crippen molar-refractivity contribution in [1.82, 2.24) is 15.1 Å². The third-order valence-electron chi connectivity index (χ3n) is 4.07. The Hall–Kier alpha value is -1.95. The van der Waals surface area contributed by atoms with Crippen molar-refractivity contribution in [2.75, 3.05) is 26.2 Å². The van der Waals surface area contributed by atoms with Gasteiger partial charge in [0, 0.05) is 39.6 Å². The van der Waals surface area contributed by atoms with Gasteiger partial charge in [-0.3, -0.25) is 14.5 Å². The molecule has 6 heteroatoms. The van der Waals surface area contributed by atoms with E-state index in [4.69, 9.17) is 0 Å². The molecule has 1 fully saturated rings. The highest BCUT2D eigenvalue weighted by molar-refractivity contribution is 5.81. The number of halogens is 1. The Balaban J connectivity index is 1.80. The van der Waals surface area contributed by atoms with Crippen LogP contribution >= 0.6 is 0 Å². The van der Waals surface area contributed by atoms with Gasteiger partial charge in [0.25, 0.3) is 0 Å². The van der Waals surface area contributed by atoms with Crippen molar-refractivity contribution in [2.45, 2.75) is 26.4 Å². The van der Waals surface area contributed by atoms with Gasteiger partial charge in [0.05, 0.1) is 6.04 Å². The third kappa shape index (κ3) is 4.27. The van der Waals surface area contributed by atoms with Crippen molar-refractivity contribution >= 4 is 11.8 Å². The second kappa shape index (κ2) is 7.35. The molecule has 5 nitrogen and oxygen atoms in total. The maximum Gasteiger partial charge on any atom is 0.237 e. The van der Waals surface area contributed by atoms with Crippen LogP contribution in [-0.4, -0.2) is 53.8 Å². The Bertz CT molecular complexity index is 525. The van der Waals surface area contributed by atoms with Crippen LogP contribution in [0.2, 0.25) is 0 Å². The van der Waals surface area contributed by atoms with E-state index in [-0.39, 0.29) is 23.7 Å². The number of piperazine rings is 1. The monoisotopic (exact) mass is 307 g/mol. The first-order chi connectivity index (χ1) is 10.5. The first kappa shape index (κ1) is 16.4. The first-order valence-electron chi connectivity index (χ1n) is 7.49. The molecule has 1 atom stereocenters. The largest absolute Gasteiger partial charge is 0.351 e. The fraction of sp³-hybridized carbons (Fsp3) is 0.500. The molecule has 0 unspecified atom stereocenters. The molecule has 0 saturated carbocycles. The summed E-state index contributed by atoms with van der Waals surface area (Å²) in [5, 5.41) is 2.87. The summed E-state index contributed by atoms with van der Waals surface area (Å²) >= 11 is 0. The van der Waals surface area contributed by atoms with Crippen molar-refractivity contribution < 1.29 is 14.0 Å². The Morgan fingerprint density at radius 3 is 2.32 bits per heavy atom. The van der Waals surface area contributed by atoms with Gasteiger partial charge < -0.3 is 10.2 Å². The molecule has 0 radical (unpaired) electrons. The fourth-order valence-corrected chi connectivity index (χ4v) is 2.53. The second-order valence-corrected chi connectivity index (χ2v) is 5.56. The van der Waals surface area contributed by atoms with Crippen LogP contribution in [0.15, 0.2) is 24.3 Å². The van der Waals surface area contributed by atoms with E-state index in [1.807, 2.05) is 6.92 Å². The van der Waals surface area contributed by atoms with Gasteiger partial charge >= 0.3 is 0 Å². The number of amides is 2. The standard InChI is InChI=1S/C16H22FN3O2/c1-12(19-7-9-20(10-8-19)13(2)21)16(22)18-11-14-3-5-15(17)6-4-14/h3-6,12H,7-11H2,1-2H3,(H,18,22)/t12-/m1/s1. The summed E-state index contributed by atoms with van der Waals surface area (Å²) in [6.07, 6.45) is 0. The number of benzene rings is 1. The minimum atomic E-state index is -0.285. The molecule has 120 valence electrons. The Labute approximate surface area is 130 Å². The Morgan fingerprint density at radius 1 is 1.18 bits per heavy atom. The number of rotatable bonds is 4. The van der Waals surface area contributed by atoms with E-state index in [0.717, 1.165) is 5.56 Å². The molecule has 0 aliphatic carbocycles. The van der Waals surface area contributed by atoms with Crippen LogP contribution in [0.5, 0.6) is 0 Å². The average molecular weight is 307 g/mol. The minimum Gasteiger partial charge on any atom is -0.351 e. The van der Waals surface area contributed by atoms with Gasteiger partial charge in [0.2, 0.25) is 11.8 Å². The number of nitrogens with zero attached hydrogens (tertiary/aromatic N) is 2. The molecule has 1 aliphatic heterocycles. The van der Waals surface area contributed by atoms with Gasteiger partial charge in [0.15, 0.2) is 0 Å². The molecule has 2 amide bonds. The molecule has 1 saturated heterocycles. The Kier molecular flexibility index (Phi) is 5.49. The summed E-state index contributed by atoms with van der Waals surface area (Å²) in [5.41, 5.74) is 0.864. The van der Waals surface area contributed by atoms with E-state index >= 15 is 0 Å². The molecule has 1 heterocycles. The normalized spacial score (nSPS) is 17.1. The van der Waals surface area contributed by atoms with E-state index in [1.165, 1.54) is 12.1 Å².